The summed E-state index contributed by atoms with van der Waals surface area (Å²) in [6, 6.07) is 7.04. The minimum atomic E-state index is -0.0201. The number of rotatable bonds is 5. The van der Waals surface area contributed by atoms with Gasteiger partial charge in [-0.3, -0.25) is 9.59 Å². The first-order valence-electron chi connectivity index (χ1n) is 8.05. The summed E-state index contributed by atoms with van der Waals surface area (Å²) in [7, 11) is 0. The molecule has 0 unspecified atom stereocenters. The fourth-order valence-corrected chi connectivity index (χ4v) is 3.20. The molecule has 1 aliphatic carbocycles. The lowest BCUT2D eigenvalue weighted by molar-refractivity contribution is -0.122. The summed E-state index contributed by atoms with van der Waals surface area (Å²) in [5.41, 5.74) is 0.608. The van der Waals surface area contributed by atoms with Gasteiger partial charge in [-0.15, -0.1) is 0 Å². The van der Waals surface area contributed by atoms with E-state index in [-0.39, 0.29) is 30.6 Å². The van der Waals surface area contributed by atoms with Gasteiger partial charge in [-0.05, 0) is 42.5 Å². The van der Waals surface area contributed by atoms with Crippen LogP contribution in [0.5, 0.6) is 0 Å². The highest BCUT2D eigenvalue weighted by atomic mass is 35.5. The number of carbonyl (C=O) groups excluding carboxylic acids is 2. The third-order valence-corrected chi connectivity index (χ3v) is 5.05. The summed E-state index contributed by atoms with van der Waals surface area (Å²) in [6.45, 7) is 4.45. The summed E-state index contributed by atoms with van der Waals surface area (Å²) in [4.78, 5) is 24.1. The average molecular weight is 322 g/mol. The molecule has 1 fully saturated rings. The molecule has 3 atom stereocenters. The Morgan fingerprint density at radius 1 is 1.14 bits per heavy atom. The quantitative estimate of drug-likeness (QED) is 0.824. The summed E-state index contributed by atoms with van der Waals surface area (Å²) < 4.78 is 0. The summed E-state index contributed by atoms with van der Waals surface area (Å²) in [5, 5.41) is 3.71. The van der Waals surface area contributed by atoms with E-state index in [4.69, 9.17) is 11.6 Å². The lowest BCUT2D eigenvalue weighted by Crippen LogP contribution is -2.43. The second kappa shape index (κ2) is 7.77. The predicted molar refractivity (Wildman–Crippen MR) is 89.1 cm³/mol. The van der Waals surface area contributed by atoms with Crippen LogP contribution in [-0.2, 0) is 4.79 Å². The Labute approximate surface area is 137 Å². The lowest BCUT2D eigenvalue weighted by atomic mass is 9.78. The minimum absolute atomic E-state index is 0.0168. The second-order valence-corrected chi connectivity index (χ2v) is 6.81. The van der Waals surface area contributed by atoms with E-state index in [1.165, 1.54) is 12.8 Å². The maximum absolute atomic E-state index is 12.1. The van der Waals surface area contributed by atoms with E-state index in [1.54, 1.807) is 24.3 Å². The largest absolute Gasteiger partial charge is 0.353 e. The Kier molecular flexibility index (Phi) is 6.01. The van der Waals surface area contributed by atoms with Crippen LogP contribution < -0.4 is 5.32 Å². The van der Waals surface area contributed by atoms with Crippen molar-refractivity contribution in [1.82, 2.24) is 5.32 Å². The fourth-order valence-electron chi connectivity index (χ4n) is 3.07. The first kappa shape index (κ1) is 17.0. The summed E-state index contributed by atoms with van der Waals surface area (Å²) in [6.07, 6.45) is 3.94. The predicted octanol–water partition coefficient (Wildman–Crippen LogP) is 4.24. The van der Waals surface area contributed by atoms with Crippen LogP contribution in [0.15, 0.2) is 24.3 Å². The molecule has 0 aliphatic heterocycles. The topological polar surface area (TPSA) is 46.2 Å². The Bertz CT molecular complexity index is 526. The van der Waals surface area contributed by atoms with Crippen LogP contribution in [0, 0.1) is 11.8 Å². The number of amides is 1. The molecule has 0 aromatic heterocycles. The van der Waals surface area contributed by atoms with Crippen LogP contribution in [-0.4, -0.2) is 17.7 Å². The highest BCUT2D eigenvalue weighted by Crippen LogP contribution is 2.29. The molecule has 1 aromatic rings. The van der Waals surface area contributed by atoms with Gasteiger partial charge in [0.25, 0.3) is 0 Å². The van der Waals surface area contributed by atoms with Crippen LogP contribution in [0.4, 0.5) is 0 Å². The van der Waals surface area contributed by atoms with Gasteiger partial charge in [0, 0.05) is 29.5 Å². The standard InChI is InChI=1S/C18H24ClNO2/c1-12-4-3-5-16(13(12)2)20-18(22)11-10-17(21)14-6-8-15(19)9-7-14/h6-9,12-13,16H,3-5,10-11H2,1-2H3,(H,20,22)/t12-,13+,16-/m0/s1. The number of hydrogen-bond donors (Lipinski definition) is 1. The molecular formula is C18H24ClNO2. The summed E-state index contributed by atoms with van der Waals surface area (Å²) in [5.74, 6) is 1.12. The van der Waals surface area contributed by atoms with Gasteiger partial charge in [-0.1, -0.05) is 38.3 Å². The molecule has 2 rings (SSSR count). The van der Waals surface area contributed by atoms with Crippen molar-refractivity contribution >= 4 is 23.3 Å². The van der Waals surface area contributed by atoms with Gasteiger partial charge < -0.3 is 5.32 Å². The first-order valence-corrected chi connectivity index (χ1v) is 8.43. The van der Waals surface area contributed by atoms with Crippen LogP contribution in [0.3, 0.4) is 0 Å². The number of ketones is 1. The Morgan fingerprint density at radius 3 is 2.50 bits per heavy atom. The van der Waals surface area contributed by atoms with Gasteiger partial charge >= 0.3 is 0 Å². The molecule has 0 spiro atoms. The number of carbonyl (C=O) groups is 2. The lowest BCUT2D eigenvalue weighted by Gasteiger charge is -2.34. The normalized spacial score (nSPS) is 24.8. The highest BCUT2D eigenvalue weighted by Gasteiger charge is 2.28. The van der Waals surface area contributed by atoms with Crippen LogP contribution in [0.2, 0.25) is 5.02 Å². The zero-order valence-corrected chi connectivity index (χ0v) is 14.0. The molecular weight excluding hydrogens is 298 g/mol. The number of Topliss-reactive ketones (excluding diaryl/α,β-unsaturated/α-hetero) is 1. The van der Waals surface area contributed by atoms with Crippen molar-refractivity contribution < 1.29 is 9.59 Å². The maximum Gasteiger partial charge on any atom is 0.220 e. The SMILES string of the molecule is C[C@H]1[C@@H](NC(=O)CCC(=O)c2ccc(Cl)cc2)CCC[C@@H]1C. The van der Waals surface area contributed by atoms with Crippen LogP contribution >= 0.6 is 11.6 Å². The maximum atomic E-state index is 12.1. The van der Waals surface area contributed by atoms with Crippen molar-refractivity contribution in [3.05, 3.63) is 34.9 Å². The van der Waals surface area contributed by atoms with Crippen LogP contribution in [0.25, 0.3) is 0 Å². The van der Waals surface area contributed by atoms with Crippen molar-refractivity contribution in [2.45, 2.75) is 52.0 Å². The molecule has 3 nitrogen and oxygen atoms in total. The number of halogens is 1. The molecule has 1 aliphatic rings. The zero-order valence-electron chi connectivity index (χ0n) is 13.3. The molecule has 0 saturated heterocycles. The van der Waals surface area contributed by atoms with E-state index in [0.717, 1.165) is 6.42 Å². The van der Waals surface area contributed by atoms with Gasteiger partial charge in [0.2, 0.25) is 5.91 Å². The number of nitrogens with one attached hydrogen (secondary N) is 1. The molecule has 1 N–H and O–H groups in total. The van der Waals surface area contributed by atoms with Crippen molar-refractivity contribution in [3.8, 4) is 0 Å². The van der Waals surface area contributed by atoms with Crippen molar-refractivity contribution in [1.29, 1.82) is 0 Å². The molecule has 0 radical (unpaired) electrons. The van der Waals surface area contributed by atoms with Gasteiger partial charge in [-0.25, -0.2) is 0 Å². The zero-order chi connectivity index (χ0) is 16.1. The van der Waals surface area contributed by atoms with E-state index in [1.807, 2.05) is 0 Å². The van der Waals surface area contributed by atoms with Gasteiger partial charge in [0.15, 0.2) is 5.78 Å². The third-order valence-electron chi connectivity index (χ3n) is 4.80. The molecule has 1 amide bonds. The molecule has 120 valence electrons. The van der Waals surface area contributed by atoms with Gasteiger partial charge in [0.05, 0.1) is 0 Å². The van der Waals surface area contributed by atoms with Gasteiger partial charge in [-0.2, -0.15) is 0 Å². The monoisotopic (exact) mass is 321 g/mol. The fraction of sp³-hybridized carbons (Fsp3) is 0.556. The van der Waals surface area contributed by atoms with E-state index in [9.17, 15) is 9.59 Å². The molecule has 4 heteroatoms. The smallest absolute Gasteiger partial charge is 0.220 e. The number of benzene rings is 1. The van der Waals surface area contributed by atoms with E-state index >= 15 is 0 Å². The van der Waals surface area contributed by atoms with Crippen molar-refractivity contribution in [2.75, 3.05) is 0 Å². The molecule has 22 heavy (non-hydrogen) atoms. The highest BCUT2D eigenvalue weighted by molar-refractivity contribution is 6.30. The second-order valence-electron chi connectivity index (χ2n) is 6.37. The Morgan fingerprint density at radius 2 is 1.82 bits per heavy atom. The van der Waals surface area contributed by atoms with Crippen molar-refractivity contribution in [2.24, 2.45) is 11.8 Å². The van der Waals surface area contributed by atoms with E-state index < -0.39 is 0 Å². The van der Waals surface area contributed by atoms with Crippen LogP contribution in [0.1, 0.15) is 56.3 Å². The molecule has 1 aromatic carbocycles. The van der Waals surface area contributed by atoms with Crippen molar-refractivity contribution in [3.63, 3.8) is 0 Å². The average Bonchev–Trinajstić information content (AvgIpc) is 2.50. The summed E-state index contributed by atoms with van der Waals surface area (Å²) >= 11 is 5.80. The Hall–Kier alpha value is -1.35. The molecule has 0 bridgehead atoms. The van der Waals surface area contributed by atoms with E-state index in [2.05, 4.69) is 19.2 Å². The molecule has 0 heterocycles. The third kappa shape index (κ3) is 4.57. The Balaban J connectivity index is 1.80. The minimum Gasteiger partial charge on any atom is -0.353 e. The molecule has 1 saturated carbocycles. The van der Waals surface area contributed by atoms with E-state index in [0.29, 0.717) is 22.4 Å². The number of hydrogen-bond acceptors (Lipinski definition) is 2. The van der Waals surface area contributed by atoms with Gasteiger partial charge in [0.1, 0.15) is 0 Å². The first-order chi connectivity index (χ1) is 10.5.